The van der Waals surface area contributed by atoms with Gasteiger partial charge in [0, 0.05) is 51.5 Å². The van der Waals surface area contributed by atoms with Gasteiger partial charge in [0.2, 0.25) is 0 Å². The van der Waals surface area contributed by atoms with Gasteiger partial charge in [0.15, 0.2) is 0 Å². The standard InChI is InChI=1S/C33H40F3N7O3/c1-21-8-7-11-40(14-21)15-22-12-26(33(34,35)36)27-19-42(30(44)43(27)16-22)25-10-6-9-23(13-25)28(29-38-37-20-39(29)5)24-17-41(18-24)31(45)46-32(2,3)4/h6,9-10,12-13,16,19-21,24,28H,7-8,11,14-15,17-18H2,1-5H3/t21-,28-/m0/s1. The number of halogens is 3. The normalized spacial score (nSPS) is 19.0. The average molecular weight is 640 g/mol. The van der Waals surface area contributed by atoms with Crippen LogP contribution in [0.15, 0.2) is 53.8 Å². The van der Waals surface area contributed by atoms with Crippen molar-refractivity contribution in [2.24, 2.45) is 18.9 Å². The first-order chi connectivity index (χ1) is 21.7. The molecule has 2 fully saturated rings. The van der Waals surface area contributed by atoms with Gasteiger partial charge >= 0.3 is 18.0 Å². The molecule has 10 nitrogen and oxygen atoms in total. The molecule has 5 heterocycles. The number of ether oxygens (including phenoxy) is 1. The molecule has 2 aliphatic heterocycles. The number of hydrogen-bond acceptors (Lipinski definition) is 6. The number of hydrogen-bond donors (Lipinski definition) is 0. The topological polar surface area (TPSA) is 89.9 Å². The number of fused-ring (bicyclic) bond motifs is 1. The summed E-state index contributed by atoms with van der Waals surface area (Å²) in [7, 11) is 1.84. The smallest absolute Gasteiger partial charge is 0.418 e. The van der Waals surface area contributed by atoms with Crippen molar-refractivity contribution in [1.29, 1.82) is 0 Å². The molecule has 4 aromatic rings. The average Bonchev–Trinajstić information content (AvgIpc) is 3.51. The van der Waals surface area contributed by atoms with E-state index in [0.717, 1.165) is 35.9 Å². The van der Waals surface area contributed by atoms with Crippen LogP contribution in [0.2, 0.25) is 0 Å². The van der Waals surface area contributed by atoms with Gasteiger partial charge in [-0.25, -0.2) is 9.59 Å². The summed E-state index contributed by atoms with van der Waals surface area (Å²) in [6, 6.07) is 8.36. The summed E-state index contributed by atoms with van der Waals surface area (Å²) in [5.74, 6) is 0.841. The zero-order chi connectivity index (χ0) is 33.0. The molecule has 0 saturated carbocycles. The largest absolute Gasteiger partial charge is 0.444 e. The van der Waals surface area contributed by atoms with Gasteiger partial charge in [-0.1, -0.05) is 19.1 Å². The highest BCUT2D eigenvalue weighted by Crippen LogP contribution is 2.38. The van der Waals surface area contributed by atoms with E-state index in [1.807, 2.05) is 38.5 Å². The molecule has 2 aliphatic rings. The Labute approximate surface area is 265 Å². The minimum atomic E-state index is -4.64. The zero-order valence-corrected chi connectivity index (χ0v) is 26.8. The number of piperidine rings is 1. The molecule has 0 bridgehead atoms. The minimum absolute atomic E-state index is 0.0209. The first kappa shape index (κ1) is 31.8. The molecular formula is C33H40F3N7O3. The lowest BCUT2D eigenvalue weighted by Gasteiger charge is -2.43. The Kier molecular flexibility index (Phi) is 8.24. The number of imidazole rings is 1. The van der Waals surface area contributed by atoms with Gasteiger partial charge in [0.1, 0.15) is 17.8 Å². The fraction of sp³-hybridized carbons (Fsp3) is 0.515. The third kappa shape index (κ3) is 6.42. The van der Waals surface area contributed by atoms with E-state index in [0.29, 0.717) is 42.6 Å². The molecule has 1 amide bonds. The van der Waals surface area contributed by atoms with Crippen LogP contribution in [-0.2, 0) is 24.5 Å². The molecular weight excluding hydrogens is 599 g/mol. The second-order valence-corrected chi connectivity index (χ2v) is 13.8. The summed E-state index contributed by atoms with van der Waals surface area (Å²) in [6.07, 6.45) is 1.47. The van der Waals surface area contributed by atoms with Gasteiger partial charge in [0.25, 0.3) is 0 Å². The fourth-order valence-electron chi connectivity index (χ4n) is 6.71. The van der Waals surface area contributed by atoms with Crippen molar-refractivity contribution in [3.05, 3.63) is 82.1 Å². The third-order valence-electron chi connectivity index (χ3n) is 8.84. The predicted octanol–water partition coefficient (Wildman–Crippen LogP) is 5.47. The highest BCUT2D eigenvalue weighted by atomic mass is 19.4. The van der Waals surface area contributed by atoms with Crippen molar-refractivity contribution in [3.63, 3.8) is 0 Å². The van der Waals surface area contributed by atoms with Crippen molar-refractivity contribution in [2.75, 3.05) is 26.2 Å². The van der Waals surface area contributed by atoms with Crippen molar-refractivity contribution in [3.8, 4) is 5.69 Å². The van der Waals surface area contributed by atoms with Gasteiger partial charge in [-0.15, -0.1) is 10.2 Å². The van der Waals surface area contributed by atoms with Crippen molar-refractivity contribution >= 4 is 11.6 Å². The van der Waals surface area contributed by atoms with Crippen LogP contribution < -0.4 is 5.69 Å². The molecule has 0 radical (unpaired) electrons. The number of carbonyl (C=O) groups excluding carboxylic acids is 1. The molecule has 1 aromatic carbocycles. The van der Waals surface area contributed by atoms with E-state index in [1.54, 1.807) is 29.4 Å². The highest BCUT2D eigenvalue weighted by Gasteiger charge is 2.41. The van der Waals surface area contributed by atoms with E-state index in [1.165, 1.54) is 23.0 Å². The van der Waals surface area contributed by atoms with Gasteiger partial charge in [-0.3, -0.25) is 13.9 Å². The Balaban J connectivity index is 1.35. The summed E-state index contributed by atoms with van der Waals surface area (Å²) in [5, 5.41) is 8.42. The predicted molar refractivity (Wildman–Crippen MR) is 166 cm³/mol. The van der Waals surface area contributed by atoms with Gasteiger partial charge in [0.05, 0.1) is 22.7 Å². The maximum Gasteiger partial charge on any atom is 0.418 e. The number of nitrogens with zero attached hydrogens (tertiary/aromatic N) is 7. The van der Waals surface area contributed by atoms with Crippen LogP contribution in [0.1, 0.15) is 69.0 Å². The van der Waals surface area contributed by atoms with Crippen molar-refractivity contribution in [2.45, 2.75) is 64.8 Å². The van der Waals surface area contributed by atoms with E-state index in [9.17, 15) is 22.8 Å². The summed E-state index contributed by atoms with van der Waals surface area (Å²) >= 11 is 0. The molecule has 3 aromatic heterocycles. The van der Waals surface area contributed by atoms with Crippen molar-refractivity contribution in [1.82, 2.24) is 33.5 Å². The molecule has 6 rings (SSSR count). The van der Waals surface area contributed by atoms with Crippen LogP contribution in [0.5, 0.6) is 0 Å². The molecule has 0 unspecified atom stereocenters. The number of aromatic nitrogens is 5. The molecule has 246 valence electrons. The van der Waals surface area contributed by atoms with Crippen LogP contribution in [0.25, 0.3) is 11.2 Å². The maximum atomic E-state index is 14.4. The number of benzene rings is 1. The first-order valence-electron chi connectivity index (χ1n) is 15.7. The summed E-state index contributed by atoms with van der Waals surface area (Å²) < 4.78 is 52.8. The van der Waals surface area contributed by atoms with Crippen molar-refractivity contribution < 1.29 is 22.7 Å². The van der Waals surface area contributed by atoms with Gasteiger partial charge in [-0.2, -0.15) is 13.2 Å². The molecule has 2 saturated heterocycles. The minimum Gasteiger partial charge on any atom is -0.444 e. The Bertz CT molecular complexity index is 1800. The quantitative estimate of drug-likeness (QED) is 0.278. The van der Waals surface area contributed by atoms with Crippen LogP contribution in [0.3, 0.4) is 0 Å². The number of carbonyl (C=O) groups is 1. The van der Waals surface area contributed by atoms with Crippen LogP contribution in [-0.4, -0.2) is 71.4 Å². The number of aryl methyl sites for hydroxylation is 1. The maximum absolute atomic E-state index is 14.4. The molecule has 0 aliphatic carbocycles. The number of amides is 1. The number of alkyl halides is 3. The van der Waals surface area contributed by atoms with Gasteiger partial charge < -0.3 is 14.2 Å². The SMILES string of the molecule is C[C@H]1CCCN(Cc2cc(C(F)(F)F)c3cn(-c4cccc([C@H](c5nncn5C)C5CN(C(=O)OC(C)(C)C)C5)c4)c(=O)n3c2)C1. The lowest BCUT2D eigenvalue weighted by Crippen LogP contribution is -2.53. The Morgan fingerprint density at radius 2 is 1.87 bits per heavy atom. The second kappa shape index (κ2) is 11.9. The fourth-order valence-corrected chi connectivity index (χ4v) is 6.71. The second-order valence-electron chi connectivity index (χ2n) is 13.8. The highest BCUT2D eigenvalue weighted by molar-refractivity contribution is 5.69. The Morgan fingerprint density at radius 3 is 2.52 bits per heavy atom. The summed E-state index contributed by atoms with van der Waals surface area (Å²) in [4.78, 5) is 30.2. The van der Waals surface area contributed by atoms with Crippen LogP contribution in [0.4, 0.5) is 18.0 Å². The first-order valence-corrected chi connectivity index (χ1v) is 15.7. The van der Waals surface area contributed by atoms with E-state index >= 15 is 0 Å². The van der Waals surface area contributed by atoms with E-state index in [4.69, 9.17) is 4.74 Å². The number of pyridine rings is 1. The number of rotatable bonds is 6. The van der Waals surface area contributed by atoms with Crippen LogP contribution in [0, 0.1) is 11.8 Å². The van der Waals surface area contributed by atoms with Gasteiger partial charge in [-0.05, 0) is 75.4 Å². The molecule has 13 heteroatoms. The monoisotopic (exact) mass is 639 g/mol. The third-order valence-corrected chi connectivity index (χ3v) is 8.84. The van der Waals surface area contributed by atoms with E-state index < -0.39 is 29.1 Å². The Morgan fingerprint density at radius 1 is 1.11 bits per heavy atom. The molecule has 0 N–H and O–H groups in total. The van der Waals surface area contributed by atoms with E-state index in [2.05, 4.69) is 22.0 Å². The summed E-state index contributed by atoms with van der Waals surface area (Å²) in [5.41, 5.74) is -0.550. The molecule has 0 spiro atoms. The summed E-state index contributed by atoms with van der Waals surface area (Å²) in [6.45, 7) is 10.4. The lowest BCUT2D eigenvalue weighted by molar-refractivity contribution is -0.136. The van der Waals surface area contributed by atoms with E-state index in [-0.39, 0.29) is 17.4 Å². The zero-order valence-electron chi connectivity index (χ0n) is 26.8. The van der Waals surface area contributed by atoms with Crippen LogP contribution >= 0.6 is 0 Å². The molecule has 2 atom stereocenters. The molecule has 46 heavy (non-hydrogen) atoms. The Hall–Kier alpha value is -4.13. The lowest BCUT2D eigenvalue weighted by atomic mass is 9.80. The number of likely N-dealkylation sites (tertiary alicyclic amines) is 2.